The Balaban J connectivity index is 1.76. The van der Waals surface area contributed by atoms with Crippen LogP contribution < -0.4 is 10.4 Å². The lowest BCUT2D eigenvalue weighted by Gasteiger charge is -2.17. The minimum Gasteiger partial charge on any atom is -0.545 e. The van der Waals surface area contributed by atoms with Crippen LogP contribution in [-0.4, -0.2) is 27.4 Å². The van der Waals surface area contributed by atoms with Gasteiger partial charge in [0.25, 0.3) is 11.1 Å². The van der Waals surface area contributed by atoms with Crippen LogP contribution in [0.2, 0.25) is 0 Å². The average molecular weight is 341 g/mol. The maximum Gasteiger partial charge on any atom is 0.291 e. The number of aromatic carboxylic acids is 1. The van der Waals surface area contributed by atoms with Gasteiger partial charge in [-0.15, -0.1) is 0 Å². The van der Waals surface area contributed by atoms with Crippen LogP contribution >= 0.6 is 11.8 Å². The van der Waals surface area contributed by atoms with Crippen LogP contribution in [0.1, 0.15) is 15.9 Å². The molecule has 24 heavy (non-hydrogen) atoms. The predicted octanol–water partition coefficient (Wildman–Crippen LogP) is 1.68. The van der Waals surface area contributed by atoms with Crippen LogP contribution in [0.4, 0.5) is 10.5 Å². The van der Waals surface area contributed by atoms with Gasteiger partial charge < -0.3 is 15.2 Å². The van der Waals surface area contributed by atoms with E-state index in [4.69, 9.17) is 0 Å². The number of anilines is 1. The number of amides is 2. The van der Waals surface area contributed by atoms with Crippen molar-refractivity contribution in [2.75, 3.05) is 5.32 Å². The molecule has 0 unspecified atom stereocenters. The zero-order chi connectivity index (χ0) is 17.1. The number of carbonyl (C=O) groups excluding carboxylic acids is 3. The number of hydrogen-bond acceptors (Lipinski definition) is 6. The van der Waals surface area contributed by atoms with Crippen LogP contribution in [0, 0.1) is 0 Å². The molecule has 0 spiro atoms. The minimum atomic E-state index is -1.35. The van der Waals surface area contributed by atoms with Gasteiger partial charge in [-0.3, -0.25) is 14.5 Å². The first kappa shape index (κ1) is 16.1. The van der Waals surface area contributed by atoms with E-state index < -0.39 is 17.3 Å². The molecule has 1 saturated heterocycles. The van der Waals surface area contributed by atoms with Gasteiger partial charge in [-0.25, -0.2) is 0 Å². The van der Waals surface area contributed by atoms with E-state index in [0.717, 1.165) is 22.2 Å². The predicted molar refractivity (Wildman–Crippen MR) is 88.2 cm³/mol. The van der Waals surface area contributed by atoms with Crippen LogP contribution in [-0.2, 0) is 11.3 Å². The molecule has 2 aromatic carbocycles. The zero-order valence-corrected chi connectivity index (χ0v) is 13.3. The molecule has 3 rings (SSSR count). The molecule has 1 heterocycles. The lowest BCUT2D eigenvalue weighted by Crippen LogP contribution is -2.34. The van der Waals surface area contributed by atoms with E-state index in [1.807, 2.05) is 30.3 Å². The number of carboxylic acid groups (broad SMARTS) is 1. The van der Waals surface area contributed by atoms with E-state index in [-0.39, 0.29) is 23.0 Å². The lowest BCUT2D eigenvalue weighted by molar-refractivity contribution is -0.254. The summed E-state index contributed by atoms with van der Waals surface area (Å²) >= 11 is 0.829. The lowest BCUT2D eigenvalue weighted by atomic mass is 10.2. The van der Waals surface area contributed by atoms with E-state index in [1.54, 1.807) is 12.1 Å². The highest BCUT2D eigenvalue weighted by molar-refractivity contribution is 8.15. The van der Waals surface area contributed by atoms with Crippen LogP contribution in [0.25, 0.3) is 0 Å². The Morgan fingerprint density at radius 2 is 1.75 bits per heavy atom. The summed E-state index contributed by atoms with van der Waals surface area (Å²) in [6, 6.07) is 15.3. The number of carboxylic acids is 1. The topological polar surface area (TPSA) is 89.5 Å². The van der Waals surface area contributed by atoms with Crippen molar-refractivity contribution in [3.8, 4) is 0 Å². The second-order valence-electron chi connectivity index (χ2n) is 5.15. The summed E-state index contributed by atoms with van der Waals surface area (Å²) in [5.41, 5.74) is 1.04. The first-order valence-electron chi connectivity index (χ1n) is 7.19. The molecule has 6 nitrogen and oxygen atoms in total. The molecule has 0 aliphatic carbocycles. The molecule has 0 bridgehead atoms. The molecule has 2 aromatic rings. The largest absolute Gasteiger partial charge is 0.545 e. The third kappa shape index (κ3) is 3.26. The SMILES string of the molecule is O=C([O-])c1ccccc1N[C@H]1SC(=O)N(Cc2ccccc2)C1=O. The molecule has 1 N–H and O–H groups in total. The van der Waals surface area contributed by atoms with Crippen molar-refractivity contribution < 1.29 is 19.5 Å². The van der Waals surface area contributed by atoms with Crippen molar-refractivity contribution in [3.05, 3.63) is 65.7 Å². The monoisotopic (exact) mass is 341 g/mol. The first-order chi connectivity index (χ1) is 11.6. The van der Waals surface area contributed by atoms with Crippen LogP contribution in [0.15, 0.2) is 54.6 Å². The van der Waals surface area contributed by atoms with Crippen LogP contribution in [0.5, 0.6) is 0 Å². The van der Waals surface area contributed by atoms with E-state index in [2.05, 4.69) is 5.32 Å². The van der Waals surface area contributed by atoms with Crippen molar-refractivity contribution in [1.29, 1.82) is 0 Å². The summed E-state index contributed by atoms with van der Waals surface area (Å²) < 4.78 is 0. The number of nitrogens with zero attached hydrogens (tertiary/aromatic N) is 1. The Bertz CT molecular complexity index is 794. The molecule has 1 fully saturated rings. The first-order valence-corrected chi connectivity index (χ1v) is 8.07. The van der Waals surface area contributed by atoms with Crippen molar-refractivity contribution in [2.24, 2.45) is 0 Å². The van der Waals surface area contributed by atoms with Crippen molar-refractivity contribution >= 4 is 34.6 Å². The molecular formula is C17H13N2O4S-. The maximum absolute atomic E-state index is 12.5. The number of thioether (sulfide) groups is 1. The highest BCUT2D eigenvalue weighted by atomic mass is 32.2. The molecule has 7 heteroatoms. The number of nitrogens with one attached hydrogen (secondary N) is 1. The maximum atomic E-state index is 12.5. The highest BCUT2D eigenvalue weighted by Crippen LogP contribution is 2.30. The Kier molecular flexibility index (Phi) is 4.52. The number of imide groups is 1. The van der Waals surface area contributed by atoms with Gasteiger partial charge in [0.05, 0.1) is 12.5 Å². The number of benzene rings is 2. The average Bonchev–Trinajstić information content (AvgIpc) is 2.84. The fraction of sp³-hybridized carbons (Fsp3) is 0.118. The van der Waals surface area contributed by atoms with Crippen molar-refractivity contribution in [2.45, 2.75) is 11.9 Å². The Morgan fingerprint density at radius 3 is 2.46 bits per heavy atom. The molecule has 122 valence electrons. The number of rotatable bonds is 5. The molecule has 1 aliphatic rings. The van der Waals surface area contributed by atoms with Gasteiger partial charge in [-0.2, -0.15) is 0 Å². The molecule has 1 atom stereocenters. The highest BCUT2D eigenvalue weighted by Gasteiger charge is 2.39. The molecule has 2 amide bonds. The third-order valence-electron chi connectivity index (χ3n) is 3.55. The number of carbonyl (C=O) groups is 3. The quantitative estimate of drug-likeness (QED) is 0.890. The Morgan fingerprint density at radius 1 is 1.08 bits per heavy atom. The van der Waals surface area contributed by atoms with Crippen molar-refractivity contribution in [1.82, 2.24) is 4.90 Å². The van der Waals surface area contributed by atoms with Gasteiger partial charge in [-0.05, 0) is 23.4 Å². The summed E-state index contributed by atoms with van der Waals surface area (Å²) in [4.78, 5) is 36.9. The van der Waals surface area contributed by atoms with E-state index in [1.165, 1.54) is 12.1 Å². The summed E-state index contributed by atoms with van der Waals surface area (Å²) in [5.74, 6) is -1.75. The van der Waals surface area contributed by atoms with Gasteiger partial charge in [0.2, 0.25) is 0 Å². The number of para-hydroxylation sites is 1. The van der Waals surface area contributed by atoms with Gasteiger partial charge in [0.15, 0.2) is 5.37 Å². The molecule has 1 aliphatic heterocycles. The van der Waals surface area contributed by atoms with E-state index in [0.29, 0.717) is 0 Å². The third-order valence-corrected chi connectivity index (χ3v) is 4.52. The Labute approximate surface area is 142 Å². The Hall–Kier alpha value is -2.80. The van der Waals surface area contributed by atoms with E-state index >= 15 is 0 Å². The summed E-state index contributed by atoms with van der Waals surface area (Å²) in [7, 11) is 0. The van der Waals surface area contributed by atoms with Crippen LogP contribution in [0.3, 0.4) is 0 Å². The van der Waals surface area contributed by atoms with Gasteiger partial charge >= 0.3 is 0 Å². The smallest absolute Gasteiger partial charge is 0.291 e. The normalized spacial score (nSPS) is 17.2. The summed E-state index contributed by atoms with van der Waals surface area (Å²) in [6.07, 6.45) is 0. The van der Waals surface area contributed by atoms with E-state index in [9.17, 15) is 19.5 Å². The second-order valence-corrected chi connectivity index (χ2v) is 6.21. The summed E-state index contributed by atoms with van der Waals surface area (Å²) in [6.45, 7) is 0.186. The van der Waals surface area contributed by atoms with Gasteiger partial charge in [0, 0.05) is 11.3 Å². The van der Waals surface area contributed by atoms with Gasteiger partial charge in [-0.1, -0.05) is 48.5 Å². The zero-order valence-electron chi connectivity index (χ0n) is 12.5. The summed E-state index contributed by atoms with van der Waals surface area (Å²) in [5, 5.41) is 12.7. The molecule has 0 radical (unpaired) electrons. The molecule has 0 aromatic heterocycles. The second kappa shape index (κ2) is 6.76. The molecule has 0 saturated carbocycles. The van der Waals surface area contributed by atoms with Gasteiger partial charge in [0.1, 0.15) is 0 Å². The number of hydrogen-bond donors (Lipinski definition) is 1. The van der Waals surface area contributed by atoms with Crippen molar-refractivity contribution in [3.63, 3.8) is 0 Å². The standard InChI is InChI=1S/C17H14N2O4S/c20-15-14(18-13-9-5-4-8-12(13)16(21)22)24-17(23)19(15)10-11-6-2-1-3-7-11/h1-9,14,18H,10H2,(H,21,22)/p-1/t14-/m0/s1. The fourth-order valence-corrected chi connectivity index (χ4v) is 3.27. The fourth-order valence-electron chi connectivity index (χ4n) is 2.37. The minimum absolute atomic E-state index is 0.0557. The molecular weight excluding hydrogens is 328 g/mol.